The second-order valence-electron chi connectivity index (χ2n) is 3.10. The number of esters is 1. The summed E-state index contributed by atoms with van der Waals surface area (Å²) in [5.41, 5.74) is 0.869. The first-order chi connectivity index (χ1) is 7.11. The van der Waals surface area contributed by atoms with Crippen molar-refractivity contribution in [2.45, 2.75) is 20.8 Å². The number of aryl methyl sites for hydroxylation is 2. The van der Waals surface area contributed by atoms with Gasteiger partial charge in [0.15, 0.2) is 0 Å². The number of carbonyl (C=O) groups is 1. The first-order valence-electron chi connectivity index (χ1n) is 4.83. The number of nitrogens with one attached hydrogen (secondary N) is 1. The predicted octanol–water partition coefficient (Wildman–Crippen LogP) is 1.07. The van der Waals surface area contributed by atoms with E-state index in [2.05, 4.69) is 15.3 Å². The van der Waals surface area contributed by atoms with Gasteiger partial charge in [0.2, 0.25) is 0 Å². The largest absolute Gasteiger partial charge is 0.465 e. The van der Waals surface area contributed by atoms with Crippen molar-refractivity contribution in [3.05, 3.63) is 17.6 Å². The first-order valence-corrected chi connectivity index (χ1v) is 4.83. The van der Waals surface area contributed by atoms with Crippen molar-refractivity contribution >= 4 is 11.8 Å². The van der Waals surface area contributed by atoms with Gasteiger partial charge in [-0.05, 0) is 20.8 Å². The number of anilines is 1. The summed E-state index contributed by atoms with van der Waals surface area (Å²) in [4.78, 5) is 19.3. The number of ether oxygens (including phenoxy) is 1. The molecule has 0 unspecified atom stereocenters. The van der Waals surface area contributed by atoms with Crippen LogP contribution in [0.15, 0.2) is 6.07 Å². The fraction of sp³-hybridized carbons (Fsp3) is 0.500. The molecule has 0 bridgehead atoms. The number of nitrogens with zero attached hydrogens (tertiary/aromatic N) is 2. The van der Waals surface area contributed by atoms with Crippen LogP contribution < -0.4 is 5.32 Å². The molecule has 1 heterocycles. The molecular weight excluding hydrogens is 194 g/mol. The van der Waals surface area contributed by atoms with E-state index in [1.54, 1.807) is 13.0 Å². The molecule has 5 heteroatoms. The Hall–Kier alpha value is -1.65. The van der Waals surface area contributed by atoms with E-state index in [1.807, 2.05) is 13.8 Å². The topological polar surface area (TPSA) is 64.1 Å². The fourth-order valence-electron chi connectivity index (χ4n) is 1.18. The molecule has 0 fully saturated rings. The highest BCUT2D eigenvalue weighted by molar-refractivity contribution is 5.74. The normalized spacial score (nSPS) is 9.80. The Bertz CT molecular complexity index is 332. The van der Waals surface area contributed by atoms with Crippen LogP contribution in [0.25, 0.3) is 0 Å². The van der Waals surface area contributed by atoms with Crippen molar-refractivity contribution in [3.63, 3.8) is 0 Å². The van der Waals surface area contributed by atoms with E-state index in [0.29, 0.717) is 18.2 Å². The monoisotopic (exact) mass is 209 g/mol. The van der Waals surface area contributed by atoms with Crippen LogP contribution >= 0.6 is 0 Å². The molecule has 0 saturated heterocycles. The van der Waals surface area contributed by atoms with Crippen molar-refractivity contribution in [2.75, 3.05) is 18.5 Å². The summed E-state index contributed by atoms with van der Waals surface area (Å²) >= 11 is 0. The zero-order chi connectivity index (χ0) is 11.3. The van der Waals surface area contributed by atoms with Crippen LogP contribution in [0.1, 0.15) is 18.4 Å². The maximum absolute atomic E-state index is 11.1. The third-order valence-electron chi connectivity index (χ3n) is 1.69. The van der Waals surface area contributed by atoms with E-state index in [1.165, 1.54) is 0 Å². The molecule has 0 aliphatic rings. The van der Waals surface area contributed by atoms with Gasteiger partial charge in [-0.15, -0.1) is 0 Å². The Morgan fingerprint density at radius 2 is 2.20 bits per heavy atom. The molecule has 0 aliphatic carbocycles. The van der Waals surface area contributed by atoms with Crippen LogP contribution in [0.4, 0.5) is 5.82 Å². The van der Waals surface area contributed by atoms with Gasteiger partial charge in [-0.25, -0.2) is 9.97 Å². The van der Waals surface area contributed by atoms with Gasteiger partial charge in [-0.3, -0.25) is 4.79 Å². The Balaban J connectivity index is 2.54. The zero-order valence-electron chi connectivity index (χ0n) is 9.20. The van der Waals surface area contributed by atoms with Crippen LogP contribution in [-0.4, -0.2) is 29.1 Å². The first kappa shape index (κ1) is 11.4. The standard InChI is InChI=1S/C10H15N3O2/c1-4-15-10(14)6-11-9-5-7(2)12-8(3)13-9/h5H,4,6H2,1-3H3,(H,11,12,13). The number of hydrogen-bond donors (Lipinski definition) is 1. The summed E-state index contributed by atoms with van der Waals surface area (Å²) in [6, 6.07) is 1.78. The highest BCUT2D eigenvalue weighted by Crippen LogP contribution is 2.04. The lowest BCUT2D eigenvalue weighted by atomic mass is 10.4. The van der Waals surface area contributed by atoms with Crippen LogP contribution in [0.2, 0.25) is 0 Å². The van der Waals surface area contributed by atoms with Crippen LogP contribution in [0, 0.1) is 13.8 Å². The predicted molar refractivity (Wildman–Crippen MR) is 56.6 cm³/mol. The molecule has 0 amide bonds. The SMILES string of the molecule is CCOC(=O)CNc1cc(C)nc(C)n1. The maximum atomic E-state index is 11.1. The van der Waals surface area contributed by atoms with E-state index in [9.17, 15) is 4.79 Å². The van der Waals surface area contributed by atoms with Crippen molar-refractivity contribution in [1.82, 2.24) is 9.97 Å². The molecule has 0 radical (unpaired) electrons. The smallest absolute Gasteiger partial charge is 0.325 e. The van der Waals surface area contributed by atoms with Crippen LogP contribution in [-0.2, 0) is 9.53 Å². The minimum Gasteiger partial charge on any atom is -0.465 e. The van der Waals surface area contributed by atoms with Gasteiger partial charge in [0.05, 0.1) is 6.61 Å². The molecule has 0 aromatic carbocycles. The second-order valence-corrected chi connectivity index (χ2v) is 3.10. The maximum Gasteiger partial charge on any atom is 0.325 e. The molecular formula is C10H15N3O2. The Morgan fingerprint density at radius 1 is 1.47 bits per heavy atom. The Kier molecular flexibility index (Phi) is 4.03. The van der Waals surface area contributed by atoms with Crippen molar-refractivity contribution in [3.8, 4) is 0 Å². The summed E-state index contributed by atoms with van der Waals surface area (Å²) in [7, 11) is 0. The van der Waals surface area contributed by atoms with Gasteiger partial charge in [0.25, 0.3) is 0 Å². The summed E-state index contributed by atoms with van der Waals surface area (Å²) in [6.07, 6.45) is 0. The van der Waals surface area contributed by atoms with E-state index in [0.717, 1.165) is 5.69 Å². The average Bonchev–Trinajstić information content (AvgIpc) is 2.14. The third-order valence-corrected chi connectivity index (χ3v) is 1.69. The van der Waals surface area contributed by atoms with Gasteiger partial charge < -0.3 is 10.1 Å². The highest BCUT2D eigenvalue weighted by atomic mass is 16.5. The minimum absolute atomic E-state index is 0.129. The van der Waals surface area contributed by atoms with Gasteiger partial charge in [0.1, 0.15) is 18.2 Å². The number of hydrogen-bond acceptors (Lipinski definition) is 5. The molecule has 15 heavy (non-hydrogen) atoms. The van der Waals surface area contributed by atoms with E-state index in [4.69, 9.17) is 4.74 Å². The molecule has 0 saturated carbocycles. The fourth-order valence-corrected chi connectivity index (χ4v) is 1.18. The molecule has 0 spiro atoms. The number of carbonyl (C=O) groups excluding carboxylic acids is 1. The third kappa shape index (κ3) is 3.93. The molecule has 1 N–H and O–H groups in total. The number of aromatic nitrogens is 2. The second kappa shape index (κ2) is 5.29. The highest BCUT2D eigenvalue weighted by Gasteiger charge is 2.03. The lowest BCUT2D eigenvalue weighted by Gasteiger charge is -2.06. The summed E-state index contributed by atoms with van der Waals surface area (Å²) in [5, 5.41) is 2.89. The molecule has 82 valence electrons. The summed E-state index contributed by atoms with van der Waals surface area (Å²) < 4.78 is 4.78. The van der Waals surface area contributed by atoms with Crippen molar-refractivity contribution < 1.29 is 9.53 Å². The zero-order valence-corrected chi connectivity index (χ0v) is 9.20. The van der Waals surface area contributed by atoms with Gasteiger partial charge in [0, 0.05) is 11.8 Å². The average molecular weight is 209 g/mol. The van der Waals surface area contributed by atoms with Crippen LogP contribution in [0.5, 0.6) is 0 Å². The van der Waals surface area contributed by atoms with Crippen LogP contribution in [0.3, 0.4) is 0 Å². The van der Waals surface area contributed by atoms with E-state index >= 15 is 0 Å². The molecule has 1 aromatic rings. The molecule has 5 nitrogen and oxygen atoms in total. The van der Waals surface area contributed by atoms with Gasteiger partial charge >= 0.3 is 5.97 Å². The quantitative estimate of drug-likeness (QED) is 0.751. The summed E-state index contributed by atoms with van der Waals surface area (Å²) in [6.45, 7) is 5.98. The molecule has 1 aromatic heterocycles. The Labute approximate surface area is 88.9 Å². The van der Waals surface area contributed by atoms with Crippen molar-refractivity contribution in [2.24, 2.45) is 0 Å². The van der Waals surface area contributed by atoms with Crippen molar-refractivity contribution in [1.29, 1.82) is 0 Å². The van der Waals surface area contributed by atoms with Gasteiger partial charge in [-0.1, -0.05) is 0 Å². The lowest BCUT2D eigenvalue weighted by molar-refractivity contribution is -0.140. The number of rotatable bonds is 4. The molecule has 0 aliphatic heterocycles. The lowest BCUT2D eigenvalue weighted by Crippen LogP contribution is -2.17. The molecule has 1 rings (SSSR count). The minimum atomic E-state index is -0.286. The summed E-state index contributed by atoms with van der Waals surface area (Å²) in [5.74, 6) is 1.04. The Morgan fingerprint density at radius 3 is 2.80 bits per heavy atom. The van der Waals surface area contributed by atoms with E-state index in [-0.39, 0.29) is 12.5 Å². The van der Waals surface area contributed by atoms with Gasteiger partial charge in [-0.2, -0.15) is 0 Å². The van der Waals surface area contributed by atoms with E-state index < -0.39 is 0 Å². The molecule has 0 atom stereocenters.